The number of unbranched alkanes of at least 4 members (excludes halogenated alkanes) is 1. The van der Waals surface area contributed by atoms with Gasteiger partial charge in [0.2, 0.25) is 5.95 Å². The standard InChI is InChI=1S/C12H21N5O3/c1-3-4-5-14-8-6-9(17-11(13)16-8)15-7-12(2,20)10(18)19/h6,20H,3-5,7H2,1-2H3,(H,18,19)(H4,13,14,15,16,17). The second-order valence-electron chi connectivity index (χ2n) is 4.71. The highest BCUT2D eigenvalue weighted by Crippen LogP contribution is 2.14. The molecule has 0 fully saturated rings. The van der Waals surface area contributed by atoms with Gasteiger partial charge in [-0.25, -0.2) is 4.79 Å². The van der Waals surface area contributed by atoms with Crippen molar-refractivity contribution in [3.63, 3.8) is 0 Å². The average Bonchev–Trinajstić information content (AvgIpc) is 2.36. The number of nitrogens with one attached hydrogen (secondary N) is 2. The molecule has 112 valence electrons. The molecule has 0 spiro atoms. The SMILES string of the molecule is CCCCNc1cc(NCC(C)(O)C(=O)O)nc(N)n1. The third-order valence-corrected chi connectivity index (χ3v) is 2.65. The molecule has 0 saturated heterocycles. The van der Waals surface area contributed by atoms with E-state index in [0.29, 0.717) is 11.6 Å². The minimum atomic E-state index is -1.88. The quantitative estimate of drug-likeness (QED) is 0.436. The van der Waals surface area contributed by atoms with Crippen LogP contribution >= 0.6 is 0 Å². The molecule has 0 aliphatic carbocycles. The van der Waals surface area contributed by atoms with Crippen LogP contribution in [-0.2, 0) is 4.79 Å². The van der Waals surface area contributed by atoms with E-state index in [0.717, 1.165) is 19.4 Å². The number of nitrogens with zero attached hydrogens (tertiary/aromatic N) is 2. The third-order valence-electron chi connectivity index (χ3n) is 2.65. The first-order chi connectivity index (χ1) is 9.35. The fourth-order valence-electron chi connectivity index (χ4n) is 1.38. The Bertz CT molecular complexity index is 464. The minimum Gasteiger partial charge on any atom is -0.479 e. The maximum atomic E-state index is 10.8. The molecule has 1 heterocycles. The van der Waals surface area contributed by atoms with E-state index in [9.17, 15) is 9.90 Å². The second kappa shape index (κ2) is 6.90. The van der Waals surface area contributed by atoms with Crippen LogP contribution in [0.5, 0.6) is 0 Å². The number of anilines is 3. The van der Waals surface area contributed by atoms with Gasteiger partial charge in [-0.15, -0.1) is 0 Å². The zero-order valence-corrected chi connectivity index (χ0v) is 11.7. The van der Waals surface area contributed by atoms with Crippen LogP contribution in [0, 0.1) is 0 Å². The summed E-state index contributed by atoms with van der Waals surface area (Å²) in [6.07, 6.45) is 2.06. The molecule has 1 unspecified atom stereocenters. The van der Waals surface area contributed by atoms with Gasteiger partial charge >= 0.3 is 5.97 Å². The zero-order chi connectivity index (χ0) is 15.2. The van der Waals surface area contributed by atoms with Crippen molar-refractivity contribution >= 4 is 23.6 Å². The van der Waals surface area contributed by atoms with Crippen molar-refractivity contribution in [2.45, 2.75) is 32.3 Å². The molecule has 1 rings (SSSR count). The van der Waals surface area contributed by atoms with Gasteiger partial charge in [0.1, 0.15) is 11.6 Å². The van der Waals surface area contributed by atoms with E-state index in [2.05, 4.69) is 27.5 Å². The maximum absolute atomic E-state index is 10.8. The summed E-state index contributed by atoms with van der Waals surface area (Å²) in [7, 11) is 0. The van der Waals surface area contributed by atoms with Gasteiger partial charge in [0, 0.05) is 12.6 Å². The van der Waals surface area contributed by atoms with E-state index in [-0.39, 0.29) is 12.5 Å². The monoisotopic (exact) mass is 283 g/mol. The first-order valence-electron chi connectivity index (χ1n) is 6.43. The Morgan fingerprint density at radius 1 is 1.40 bits per heavy atom. The van der Waals surface area contributed by atoms with Crippen LogP contribution in [0.15, 0.2) is 6.07 Å². The predicted molar refractivity (Wildman–Crippen MR) is 76.6 cm³/mol. The Labute approximate surface area is 117 Å². The van der Waals surface area contributed by atoms with Gasteiger partial charge in [-0.05, 0) is 13.3 Å². The molecule has 0 aliphatic heterocycles. The van der Waals surface area contributed by atoms with Crippen LogP contribution in [0.3, 0.4) is 0 Å². The molecule has 0 bridgehead atoms. The highest BCUT2D eigenvalue weighted by molar-refractivity contribution is 5.77. The number of hydrogen-bond donors (Lipinski definition) is 5. The molecular weight excluding hydrogens is 262 g/mol. The van der Waals surface area contributed by atoms with Gasteiger partial charge in [-0.3, -0.25) is 0 Å². The van der Waals surface area contributed by atoms with Crippen molar-refractivity contribution in [2.75, 3.05) is 29.5 Å². The summed E-state index contributed by atoms with van der Waals surface area (Å²) in [5.74, 6) is -0.321. The molecule has 0 amide bonds. The van der Waals surface area contributed by atoms with Crippen LogP contribution in [0.4, 0.5) is 17.6 Å². The lowest BCUT2D eigenvalue weighted by Crippen LogP contribution is -2.42. The van der Waals surface area contributed by atoms with Crippen LogP contribution in [0.2, 0.25) is 0 Å². The van der Waals surface area contributed by atoms with Crippen molar-refractivity contribution in [2.24, 2.45) is 0 Å². The predicted octanol–water partition coefficient (Wildman–Crippen LogP) is 0.518. The summed E-state index contributed by atoms with van der Waals surface area (Å²) in [5.41, 5.74) is 3.70. The van der Waals surface area contributed by atoms with Crippen molar-refractivity contribution in [3.8, 4) is 0 Å². The molecule has 8 heteroatoms. The molecule has 0 aromatic carbocycles. The van der Waals surface area contributed by atoms with Gasteiger partial charge in [0.05, 0.1) is 6.54 Å². The number of carboxylic acids is 1. The van der Waals surface area contributed by atoms with E-state index in [1.807, 2.05) is 0 Å². The van der Waals surface area contributed by atoms with Gasteiger partial charge in [0.25, 0.3) is 0 Å². The Hall–Kier alpha value is -2.09. The molecule has 0 aliphatic rings. The summed E-state index contributed by atoms with van der Waals surface area (Å²) >= 11 is 0. The number of aliphatic hydroxyl groups is 1. The number of nitrogens with two attached hydrogens (primary N) is 1. The smallest absolute Gasteiger partial charge is 0.337 e. The largest absolute Gasteiger partial charge is 0.479 e. The van der Waals surface area contributed by atoms with Crippen molar-refractivity contribution < 1.29 is 15.0 Å². The number of aliphatic carboxylic acids is 1. The molecule has 8 nitrogen and oxygen atoms in total. The number of rotatable bonds is 8. The molecule has 1 aromatic rings. The van der Waals surface area contributed by atoms with Gasteiger partial charge < -0.3 is 26.6 Å². The molecular formula is C12H21N5O3. The average molecular weight is 283 g/mol. The zero-order valence-electron chi connectivity index (χ0n) is 11.7. The topological polar surface area (TPSA) is 133 Å². The van der Waals surface area contributed by atoms with Crippen LogP contribution in [-0.4, -0.2) is 44.8 Å². The molecule has 1 aromatic heterocycles. The number of carbonyl (C=O) groups is 1. The summed E-state index contributed by atoms with van der Waals surface area (Å²) in [6, 6.07) is 1.62. The number of aromatic nitrogens is 2. The van der Waals surface area contributed by atoms with Gasteiger partial charge in [-0.1, -0.05) is 13.3 Å². The van der Waals surface area contributed by atoms with E-state index in [1.54, 1.807) is 6.07 Å². The lowest BCUT2D eigenvalue weighted by atomic mass is 10.1. The van der Waals surface area contributed by atoms with E-state index < -0.39 is 11.6 Å². The lowest BCUT2D eigenvalue weighted by Gasteiger charge is -2.19. The molecule has 6 N–H and O–H groups in total. The van der Waals surface area contributed by atoms with E-state index >= 15 is 0 Å². The minimum absolute atomic E-state index is 0.0731. The normalized spacial score (nSPS) is 13.6. The highest BCUT2D eigenvalue weighted by atomic mass is 16.4. The molecule has 1 atom stereocenters. The fourth-order valence-corrected chi connectivity index (χ4v) is 1.38. The van der Waals surface area contributed by atoms with Gasteiger partial charge in [0.15, 0.2) is 5.60 Å². The van der Waals surface area contributed by atoms with Crippen molar-refractivity contribution in [1.29, 1.82) is 0 Å². The number of hydrogen-bond acceptors (Lipinski definition) is 7. The summed E-state index contributed by atoms with van der Waals surface area (Å²) in [6.45, 7) is 3.86. The Morgan fingerprint density at radius 2 is 2.00 bits per heavy atom. The third kappa shape index (κ3) is 4.88. The molecule has 20 heavy (non-hydrogen) atoms. The van der Waals surface area contributed by atoms with Crippen LogP contribution < -0.4 is 16.4 Å². The number of carboxylic acid groups (broad SMARTS) is 1. The second-order valence-corrected chi connectivity index (χ2v) is 4.71. The van der Waals surface area contributed by atoms with Crippen LogP contribution in [0.25, 0.3) is 0 Å². The van der Waals surface area contributed by atoms with Crippen LogP contribution in [0.1, 0.15) is 26.7 Å². The first-order valence-corrected chi connectivity index (χ1v) is 6.43. The maximum Gasteiger partial charge on any atom is 0.337 e. The molecule has 0 saturated carbocycles. The summed E-state index contributed by atoms with van der Waals surface area (Å²) < 4.78 is 0. The number of nitrogen functional groups attached to an aromatic ring is 1. The van der Waals surface area contributed by atoms with E-state index in [1.165, 1.54) is 6.92 Å². The highest BCUT2D eigenvalue weighted by Gasteiger charge is 2.29. The van der Waals surface area contributed by atoms with E-state index in [4.69, 9.17) is 10.8 Å². The Morgan fingerprint density at radius 3 is 2.55 bits per heavy atom. The van der Waals surface area contributed by atoms with Gasteiger partial charge in [-0.2, -0.15) is 9.97 Å². The lowest BCUT2D eigenvalue weighted by molar-refractivity contribution is -0.155. The Kier molecular flexibility index (Phi) is 5.51. The Balaban J connectivity index is 2.68. The molecule has 0 radical (unpaired) electrons. The summed E-state index contributed by atoms with van der Waals surface area (Å²) in [4.78, 5) is 18.7. The van der Waals surface area contributed by atoms with Crippen molar-refractivity contribution in [1.82, 2.24) is 9.97 Å². The first kappa shape index (κ1) is 16.0. The van der Waals surface area contributed by atoms with Crippen molar-refractivity contribution in [3.05, 3.63) is 6.07 Å². The summed E-state index contributed by atoms with van der Waals surface area (Å²) in [5, 5.41) is 24.3. The fraction of sp³-hybridized carbons (Fsp3) is 0.583.